The topological polar surface area (TPSA) is 96.0 Å². The van der Waals surface area contributed by atoms with Crippen LogP contribution in [-0.2, 0) is 17.5 Å². The summed E-state index contributed by atoms with van der Waals surface area (Å²) in [6.07, 6.45) is -0.145. The Kier molecular flexibility index (Phi) is 6.37. The van der Waals surface area contributed by atoms with Crippen molar-refractivity contribution in [1.29, 1.82) is 0 Å². The van der Waals surface area contributed by atoms with E-state index in [4.69, 9.17) is 0 Å². The number of carbonyl (C=O) groups is 2. The number of aromatic nitrogens is 2. The zero-order valence-electron chi connectivity index (χ0n) is 17.9. The van der Waals surface area contributed by atoms with E-state index in [9.17, 15) is 31.5 Å². The summed E-state index contributed by atoms with van der Waals surface area (Å²) in [5.74, 6) is -3.00. The van der Waals surface area contributed by atoms with Gasteiger partial charge in [-0.2, -0.15) is 13.2 Å². The van der Waals surface area contributed by atoms with E-state index >= 15 is 0 Å². The molecule has 3 aromatic rings. The van der Waals surface area contributed by atoms with Crippen molar-refractivity contribution < 1.29 is 31.5 Å². The fraction of sp³-hybridized carbons (Fsp3) is 0.217. The molecule has 0 radical (unpaired) electrons. The maximum Gasteiger partial charge on any atom is 0.418 e. The van der Waals surface area contributed by atoms with Crippen molar-refractivity contribution in [3.63, 3.8) is 0 Å². The van der Waals surface area contributed by atoms with E-state index in [2.05, 4.69) is 25.9 Å². The SMILES string of the molecule is O=C(NC1(C(=O)NCc2ccc(Nc3c(F)cccc3C(F)(F)F)cc2F)CC1)c1cncnc1. The molecule has 4 rings (SSSR count). The van der Waals surface area contributed by atoms with Crippen LogP contribution < -0.4 is 16.0 Å². The number of nitrogens with one attached hydrogen (secondary N) is 3. The number of nitrogens with zero attached hydrogens (tertiary/aromatic N) is 2. The summed E-state index contributed by atoms with van der Waals surface area (Å²) in [5.41, 5.74) is -3.05. The van der Waals surface area contributed by atoms with Gasteiger partial charge in [0.15, 0.2) is 0 Å². The number of amides is 2. The fourth-order valence-corrected chi connectivity index (χ4v) is 3.38. The lowest BCUT2D eigenvalue weighted by Gasteiger charge is -2.18. The first kappa shape index (κ1) is 24.0. The summed E-state index contributed by atoms with van der Waals surface area (Å²) in [7, 11) is 0. The van der Waals surface area contributed by atoms with E-state index in [1.54, 1.807) is 0 Å². The van der Waals surface area contributed by atoms with Gasteiger partial charge in [-0.05, 0) is 37.1 Å². The summed E-state index contributed by atoms with van der Waals surface area (Å²) >= 11 is 0. The number of anilines is 2. The van der Waals surface area contributed by atoms with Crippen molar-refractivity contribution in [1.82, 2.24) is 20.6 Å². The van der Waals surface area contributed by atoms with Crippen LogP contribution in [0, 0.1) is 11.6 Å². The molecule has 1 heterocycles. The molecular weight excluding hydrogens is 473 g/mol. The van der Waals surface area contributed by atoms with Crippen LogP contribution >= 0.6 is 0 Å². The molecule has 0 saturated heterocycles. The molecule has 1 aromatic heterocycles. The molecule has 12 heteroatoms. The van der Waals surface area contributed by atoms with Crippen molar-refractivity contribution >= 4 is 23.2 Å². The highest BCUT2D eigenvalue weighted by atomic mass is 19.4. The molecule has 35 heavy (non-hydrogen) atoms. The third-order valence-electron chi connectivity index (χ3n) is 5.44. The molecule has 2 aromatic carbocycles. The van der Waals surface area contributed by atoms with Crippen LogP contribution in [0.1, 0.15) is 34.3 Å². The van der Waals surface area contributed by atoms with Crippen molar-refractivity contribution in [2.45, 2.75) is 31.1 Å². The second-order valence-corrected chi connectivity index (χ2v) is 7.94. The Labute approximate surface area is 195 Å². The normalized spacial score (nSPS) is 14.2. The lowest BCUT2D eigenvalue weighted by molar-refractivity contribution is -0.137. The van der Waals surface area contributed by atoms with Crippen molar-refractivity contribution in [2.24, 2.45) is 0 Å². The summed E-state index contributed by atoms with van der Waals surface area (Å²) in [4.78, 5) is 32.4. The van der Waals surface area contributed by atoms with Gasteiger partial charge in [-0.1, -0.05) is 12.1 Å². The fourth-order valence-electron chi connectivity index (χ4n) is 3.38. The predicted octanol–water partition coefficient (Wildman–Crippen LogP) is 4.10. The minimum atomic E-state index is -4.81. The third kappa shape index (κ3) is 5.36. The second-order valence-electron chi connectivity index (χ2n) is 7.94. The highest BCUT2D eigenvalue weighted by Crippen LogP contribution is 2.38. The average Bonchev–Trinajstić information content (AvgIpc) is 3.60. The van der Waals surface area contributed by atoms with Gasteiger partial charge in [-0.3, -0.25) is 9.59 Å². The molecule has 0 unspecified atom stereocenters. The van der Waals surface area contributed by atoms with Gasteiger partial charge in [0, 0.05) is 30.2 Å². The van der Waals surface area contributed by atoms with Gasteiger partial charge in [0.2, 0.25) is 5.91 Å². The Balaban J connectivity index is 1.41. The number of rotatable bonds is 7. The average molecular weight is 491 g/mol. The van der Waals surface area contributed by atoms with Crippen molar-refractivity contribution in [2.75, 3.05) is 5.32 Å². The molecule has 3 N–H and O–H groups in total. The molecule has 1 aliphatic carbocycles. The first-order valence-electron chi connectivity index (χ1n) is 10.4. The molecule has 182 valence electrons. The second kappa shape index (κ2) is 9.28. The molecule has 0 aliphatic heterocycles. The molecule has 0 bridgehead atoms. The van der Waals surface area contributed by atoms with Crippen LogP contribution in [0.2, 0.25) is 0 Å². The molecule has 1 fully saturated rings. The Bertz CT molecular complexity index is 1260. The molecular formula is C23H18F5N5O2. The number of para-hydroxylation sites is 1. The Morgan fingerprint density at radius 1 is 1.00 bits per heavy atom. The highest BCUT2D eigenvalue weighted by Gasteiger charge is 2.51. The van der Waals surface area contributed by atoms with Gasteiger partial charge in [0.05, 0.1) is 16.8 Å². The zero-order chi connectivity index (χ0) is 25.2. The van der Waals surface area contributed by atoms with Gasteiger partial charge in [-0.15, -0.1) is 0 Å². The summed E-state index contributed by atoms with van der Waals surface area (Å²) in [6, 6.07) is 5.92. The van der Waals surface area contributed by atoms with Crippen LogP contribution in [0.4, 0.5) is 33.3 Å². The monoisotopic (exact) mass is 491 g/mol. The molecule has 1 aliphatic rings. The zero-order valence-corrected chi connectivity index (χ0v) is 17.9. The van der Waals surface area contributed by atoms with Crippen LogP contribution in [0.15, 0.2) is 55.1 Å². The number of carbonyl (C=O) groups excluding carboxylic acids is 2. The van der Waals surface area contributed by atoms with Crippen LogP contribution in [0.5, 0.6) is 0 Å². The van der Waals surface area contributed by atoms with E-state index in [1.807, 2.05) is 0 Å². The van der Waals surface area contributed by atoms with Crippen LogP contribution in [0.3, 0.4) is 0 Å². The first-order chi connectivity index (χ1) is 16.6. The van der Waals surface area contributed by atoms with E-state index < -0.39 is 46.4 Å². The lowest BCUT2D eigenvalue weighted by Crippen LogP contribution is -2.48. The first-order valence-corrected chi connectivity index (χ1v) is 10.4. The van der Waals surface area contributed by atoms with Crippen LogP contribution in [0.25, 0.3) is 0 Å². The number of alkyl halides is 3. The van der Waals surface area contributed by atoms with Crippen molar-refractivity contribution in [3.05, 3.63) is 83.4 Å². The van der Waals surface area contributed by atoms with Gasteiger partial charge in [-0.25, -0.2) is 18.7 Å². The summed E-state index contributed by atoms with van der Waals surface area (Å²) in [5, 5.41) is 7.46. The summed E-state index contributed by atoms with van der Waals surface area (Å²) in [6.45, 7) is -0.232. The van der Waals surface area contributed by atoms with Gasteiger partial charge < -0.3 is 16.0 Å². The van der Waals surface area contributed by atoms with E-state index in [0.717, 1.165) is 18.2 Å². The highest BCUT2D eigenvalue weighted by molar-refractivity contribution is 6.00. The molecule has 1 saturated carbocycles. The standard InChI is InChI=1S/C23H18F5N5O2/c24-17-3-1-2-16(23(26,27)28)19(17)32-15-5-4-13(18(25)8-15)11-31-21(35)22(6-7-22)33-20(34)14-9-29-12-30-10-14/h1-5,8-10,12,32H,6-7,11H2,(H,31,35)(H,33,34). The number of halogens is 5. The van der Waals surface area contributed by atoms with Crippen molar-refractivity contribution in [3.8, 4) is 0 Å². The molecule has 0 spiro atoms. The Morgan fingerprint density at radius 2 is 1.71 bits per heavy atom. The summed E-state index contributed by atoms with van der Waals surface area (Å²) < 4.78 is 68.1. The minimum absolute atomic E-state index is 0.0482. The number of hydrogen-bond donors (Lipinski definition) is 3. The van der Waals surface area contributed by atoms with Crippen LogP contribution in [-0.4, -0.2) is 27.3 Å². The maximum atomic E-state index is 14.6. The van der Waals surface area contributed by atoms with E-state index in [1.165, 1.54) is 30.9 Å². The predicted molar refractivity (Wildman–Crippen MR) is 114 cm³/mol. The number of benzene rings is 2. The Hall–Kier alpha value is -4.09. The molecule has 7 nitrogen and oxygen atoms in total. The van der Waals surface area contributed by atoms with E-state index in [0.29, 0.717) is 18.9 Å². The molecule has 2 amide bonds. The third-order valence-corrected chi connectivity index (χ3v) is 5.44. The largest absolute Gasteiger partial charge is 0.418 e. The minimum Gasteiger partial charge on any atom is -0.353 e. The molecule has 0 atom stereocenters. The quantitative estimate of drug-likeness (QED) is 0.433. The Morgan fingerprint density at radius 3 is 2.34 bits per heavy atom. The van der Waals surface area contributed by atoms with E-state index in [-0.39, 0.29) is 23.4 Å². The van der Waals surface area contributed by atoms with Gasteiger partial charge >= 0.3 is 6.18 Å². The lowest BCUT2D eigenvalue weighted by atomic mass is 10.1. The van der Waals surface area contributed by atoms with Gasteiger partial charge in [0.25, 0.3) is 5.91 Å². The maximum absolute atomic E-state index is 14.6. The number of hydrogen-bond acceptors (Lipinski definition) is 5. The smallest absolute Gasteiger partial charge is 0.353 e. The van der Waals surface area contributed by atoms with Gasteiger partial charge in [0.1, 0.15) is 23.5 Å².